The van der Waals surface area contributed by atoms with Gasteiger partial charge < -0.3 is 0 Å². The highest BCUT2D eigenvalue weighted by molar-refractivity contribution is 5.71. The molecule has 15 rings (SSSR count). The van der Waals surface area contributed by atoms with Crippen LogP contribution in [0.4, 0.5) is 0 Å². The Labute approximate surface area is 173 Å². The van der Waals surface area contributed by atoms with Gasteiger partial charge in [0, 0.05) is 0 Å². The summed E-state index contributed by atoms with van der Waals surface area (Å²) in [5.74, 6) is 18.4. The van der Waals surface area contributed by atoms with Gasteiger partial charge in [-0.3, -0.25) is 0 Å². The highest BCUT2D eigenvalue weighted by Gasteiger charge is 3.26. The van der Waals surface area contributed by atoms with Crippen molar-refractivity contribution in [1.29, 1.82) is 0 Å². The van der Waals surface area contributed by atoms with E-state index in [2.05, 4.69) is 0 Å². The first-order valence-corrected chi connectivity index (χ1v) is 14.3. The molecule has 0 aliphatic heterocycles. The molecule has 10 unspecified atom stereocenters. The fourth-order valence-electron chi connectivity index (χ4n) is 20.3. The van der Waals surface area contributed by atoms with E-state index in [1.54, 1.807) is 57.8 Å². The van der Waals surface area contributed by atoms with E-state index in [0.717, 1.165) is 32.5 Å². The van der Waals surface area contributed by atoms with E-state index in [1.807, 2.05) is 0 Å². The first kappa shape index (κ1) is 12.9. The lowest BCUT2D eigenvalue weighted by atomic mass is 8.75. The summed E-state index contributed by atoms with van der Waals surface area (Å²) in [7, 11) is 0. The average Bonchev–Trinajstić information content (AvgIpc) is 2.58. The molecule has 0 heterocycles. The molecule has 0 aromatic heterocycles. The van der Waals surface area contributed by atoms with E-state index in [1.165, 1.54) is 82.9 Å². The lowest BCUT2D eigenvalue weighted by Gasteiger charge is -3.28. The van der Waals surface area contributed by atoms with Crippen LogP contribution in [0.25, 0.3) is 0 Å². The maximum Gasteiger partial charge on any atom is -0.00934 e. The number of hydrogen-bond donors (Lipinski definition) is 0. The van der Waals surface area contributed by atoms with Gasteiger partial charge in [0.2, 0.25) is 0 Å². The van der Waals surface area contributed by atoms with Crippen LogP contribution in [0.5, 0.6) is 0 Å². The molecule has 15 aliphatic carbocycles. The van der Waals surface area contributed by atoms with Crippen molar-refractivity contribution in [3.63, 3.8) is 0 Å². The first-order valence-electron chi connectivity index (χ1n) is 14.3. The lowest BCUT2D eigenvalue weighted by molar-refractivity contribution is -0.824. The maximum atomic E-state index is 1.72. The van der Waals surface area contributed by atoms with Crippen molar-refractivity contribution in [2.75, 3.05) is 0 Å². The van der Waals surface area contributed by atoms with Crippen molar-refractivity contribution >= 4 is 0 Å². The quantitative estimate of drug-likeness (QED) is 0.540. The van der Waals surface area contributed by atoms with Gasteiger partial charge in [-0.1, -0.05) is 0 Å². The molecule has 15 fully saturated rings. The molecular weight excluding hydrogens is 348 g/mol. The van der Waals surface area contributed by atoms with E-state index in [0.29, 0.717) is 0 Å². The monoisotopic (exact) mass is 380 g/mol. The van der Waals surface area contributed by atoms with Gasteiger partial charge in [-0.25, -0.2) is 0 Å². The van der Waals surface area contributed by atoms with E-state index in [4.69, 9.17) is 0 Å². The summed E-state index contributed by atoms with van der Waals surface area (Å²) in [5.41, 5.74) is 6.45. The third-order valence-electron chi connectivity index (χ3n) is 19.3. The summed E-state index contributed by atoms with van der Waals surface area (Å²) in [6.07, 6.45) is 14.8. The molecule has 0 heteroatoms. The second-order valence-corrected chi connectivity index (χ2v) is 16.3. The molecule has 0 aromatic rings. The molecule has 0 bridgehead atoms. The Morgan fingerprint density at radius 3 is 1.10 bits per heavy atom. The van der Waals surface area contributed by atoms with E-state index in [9.17, 15) is 0 Å². The third kappa shape index (κ3) is 0.559. The standard InChI is InChI=1S/C21H20.C8H12/c1-5-2-8-12-16-14-10-4-6-3-9-13-15-11-7(1)17(5,8)19(11,12)21(15,16)20(13,14)18(6,9)10;1-3-8-4-2-7(8)5-6(1)8/h5-16H,1-4H2;6-7H,1-5H2. The minimum Gasteiger partial charge on any atom is -0.0493 e. The molecule has 10 atom stereocenters. The summed E-state index contributed by atoms with van der Waals surface area (Å²) in [4.78, 5) is 0. The Morgan fingerprint density at radius 1 is 0.414 bits per heavy atom. The van der Waals surface area contributed by atoms with Crippen LogP contribution in [0.3, 0.4) is 0 Å². The SMILES string of the molecule is C1C2CC3C4C5C6C7CC8CC9C%10C%11C%12C1C23C%124C%115C%106C897.C1CC23CCC2CC13. The van der Waals surface area contributed by atoms with Crippen molar-refractivity contribution in [3.05, 3.63) is 0 Å². The van der Waals surface area contributed by atoms with Crippen LogP contribution in [0, 0.1) is 115 Å². The third-order valence-corrected chi connectivity index (χ3v) is 19.3. The number of rotatable bonds is 0. The van der Waals surface area contributed by atoms with Crippen LogP contribution >= 0.6 is 0 Å². The van der Waals surface area contributed by atoms with Gasteiger partial charge in [0.15, 0.2) is 0 Å². The Kier molecular flexibility index (Phi) is 1.20. The molecule has 0 nitrogen and oxygen atoms in total. The second-order valence-electron chi connectivity index (χ2n) is 16.3. The summed E-state index contributed by atoms with van der Waals surface area (Å²) in [6, 6.07) is 0. The Hall–Kier alpha value is 0. The molecule has 0 amide bonds. The van der Waals surface area contributed by atoms with Crippen molar-refractivity contribution in [1.82, 2.24) is 0 Å². The molecule has 148 valence electrons. The topological polar surface area (TPSA) is 0 Å². The summed E-state index contributed by atoms with van der Waals surface area (Å²) in [6.45, 7) is 0. The molecule has 29 heavy (non-hydrogen) atoms. The number of hydrogen-bond acceptors (Lipinski definition) is 0. The van der Waals surface area contributed by atoms with Gasteiger partial charge in [0.1, 0.15) is 0 Å². The second kappa shape index (κ2) is 2.70. The summed E-state index contributed by atoms with van der Waals surface area (Å²) in [5, 5.41) is 0. The molecule has 0 radical (unpaired) electrons. The minimum absolute atomic E-state index is 1.00. The fourth-order valence-corrected chi connectivity index (χ4v) is 20.3. The first-order chi connectivity index (χ1) is 14.3. The average molecular weight is 381 g/mol. The molecule has 0 N–H and O–H groups in total. The van der Waals surface area contributed by atoms with Crippen LogP contribution in [0.15, 0.2) is 0 Å². The van der Waals surface area contributed by atoms with E-state index < -0.39 is 0 Å². The van der Waals surface area contributed by atoms with Crippen LogP contribution in [-0.4, -0.2) is 0 Å². The molecule has 0 aromatic carbocycles. The van der Waals surface area contributed by atoms with Crippen molar-refractivity contribution in [2.24, 2.45) is 115 Å². The van der Waals surface area contributed by atoms with Crippen LogP contribution in [0.1, 0.15) is 57.8 Å². The van der Waals surface area contributed by atoms with Gasteiger partial charge in [-0.05, 0) is 173 Å². The van der Waals surface area contributed by atoms with Gasteiger partial charge in [-0.15, -0.1) is 0 Å². The Bertz CT molecular complexity index is 979. The highest BCUT2D eigenvalue weighted by atomic mass is 15.3. The Balaban J connectivity index is 0.000000125. The zero-order chi connectivity index (χ0) is 17.4. The minimum atomic E-state index is 1.00. The zero-order valence-corrected chi connectivity index (χ0v) is 17.4. The van der Waals surface area contributed by atoms with E-state index >= 15 is 0 Å². The van der Waals surface area contributed by atoms with Crippen LogP contribution < -0.4 is 0 Å². The van der Waals surface area contributed by atoms with E-state index in [-0.39, 0.29) is 0 Å². The molecule has 15 aliphatic rings. The summed E-state index contributed by atoms with van der Waals surface area (Å²) < 4.78 is 0. The fraction of sp³-hybridized carbons (Fsp3) is 1.00. The van der Waals surface area contributed by atoms with Gasteiger partial charge in [0.25, 0.3) is 0 Å². The lowest BCUT2D eigenvalue weighted by Crippen LogP contribution is -3.25. The molecule has 15 saturated carbocycles. The van der Waals surface area contributed by atoms with Crippen LogP contribution in [-0.2, 0) is 0 Å². The smallest absolute Gasteiger partial charge is 0.00934 e. The van der Waals surface area contributed by atoms with Gasteiger partial charge in [0.05, 0.1) is 0 Å². The molecular formula is C29H32. The van der Waals surface area contributed by atoms with Crippen LogP contribution in [0.2, 0.25) is 0 Å². The van der Waals surface area contributed by atoms with Crippen molar-refractivity contribution in [2.45, 2.75) is 57.8 Å². The predicted octanol–water partition coefficient (Wildman–Crippen LogP) is 5.23. The molecule has 6 spiro atoms. The molecule has 0 saturated heterocycles. The Morgan fingerprint density at radius 2 is 0.862 bits per heavy atom. The largest absolute Gasteiger partial charge is 0.0493 e. The van der Waals surface area contributed by atoms with Gasteiger partial charge >= 0.3 is 0 Å². The normalized spacial score (nSPS) is 99.3. The number of fused-ring (bicyclic) bond motifs is 8. The van der Waals surface area contributed by atoms with Crippen molar-refractivity contribution < 1.29 is 0 Å². The highest BCUT2D eigenvalue weighted by Crippen LogP contribution is 3.28. The van der Waals surface area contributed by atoms with Crippen molar-refractivity contribution in [3.8, 4) is 0 Å². The zero-order valence-electron chi connectivity index (χ0n) is 17.4. The maximum absolute atomic E-state index is 1.72. The van der Waals surface area contributed by atoms with Gasteiger partial charge in [-0.2, -0.15) is 0 Å². The summed E-state index contributed by atoms with van der Waals surface area (Å²) >= 11 is 0. The predicted molar refractivity (Wildman–Crippen MR) is 105 cm³/mol.